The number of carbonyl (C=O) groups is 1. The standard InChI is InChI=1S/C25H25N3O2S/c1-27-13-15-28(16-14-27)23(18-8-3-2-4-9-18)24-22(19-10-5-6-11-20(19)30-24)26-25(29)21-12-7-17-31-21/h2-12,17,23H,13-16H2,1H3,(H,26,29)/t23-/m1/s1. The molecule has 6 heteroatoms. The average molecular weight is 432 g/mol. The molecule has 4 aromatic rings. The number of hydrogen-bond donors (Lipinski definition) is 1. The molecule has 0 unspecified atom stereocenters. The molecule has 1 atom stereocenters. The highest BCUT2D eigenvalue weighted by atomic mass is 32.1. The van der Waals surface area contributed by atoms with E-state index >= 15 is 0 Å². The number of furan rings is 1. The summed E-state index contributed by atoms with van der Waals surface area (Å²) in [6.07, 6.45) is 0. The number of amides is 1. The summed E-state index contributed by atoms with van der Waals surface area (Å²) < 4.78 is 6.45. The summed E-state index contributed by atoms with van der Waals surface area (Å²) in [4.78, 5) is 18.5. The van der Waals surface area contributed by atoms with Gasteiger partial charge in [0.2, 0.25) is 0 Å². The van der Waals surface area contributed by atoms with Crippen molar-refractivity contribution < 1.29 is 9.21 Å². The van der Waals surface area contributed by atoms with Crippen LogP contribution in [0.2, 0.25) is 0 Å². The fraction of sp³-hybridized carbons (Fsp3) is 0.240. The fourth-order valence-corrected chi connectivity index (χ4v) is 4.83. The molecule has 5 nitrogen and oxygen atoms in total. The quantitative estimate of drug-likeness (QED) is 0.479. The highest BCUT2D eigenvalue weighted by Gasteiger charge is 2.32. The molecular weight excluding hydrogens is 406 g/mol. The summed E-state index contributed by atoms with van der Waals surface area (Å²) >= 11 is 1.44. The molecule has 0 aliphatic carbocycles. The van der Waals surface area contributed by atoms with Gasteiger partial charge in [-0.2, -0.15) is 0 Å². The van der Waals surface area contributed by atoms with Crippen molar-refractivity contribution in [2.24, 2.45) is 0 Å². The Hall–Kier alpha value is -2.93. The number of hydrogen-bond acceptors (Lipinski definition) is 5. The van der Waals surface area contributed by atoms with E-state index < -0.39 is 0 Å². The topological polar surface area (TPSA) is 48.7 Å². The third kappa shape index (κ3) is 4.02. The second-order valence-corrected chi connectivity index (χ2v) is 8.87. The zero-order chi connectivity index (χ0) is 21.2. The average Bonchev–Trinajstić information content (AvgIpc) is 3.45. The largest absolute Gasteiger partial charge is 0.457 e. The van der Waals surface area contributed by atoms with Crippen molar-refractivity contribution in [2.45, 2.75) is 6.04 Å². The predicted molar refractivity (Wildman–Crippen MR) is 126 cm³/mol. The maximum atomic E-state index is 13.0. The van der Waals surface area contributed by atoms with E-state index in [9.17, 15) is 4.79 Å². The zero-order valence-corrected chi connectivity index (χ0v) is 18.3. The number of rotatable bonds is 5. The van der Waals surface area contributed by atoms with E-state index in [-0.39, 0.29) is 11.9 Å². The summed E-state index contributed by atoms with van der Waals surface area (Å²) in [5.74, 6) is 0.690. The number of benzene rings is 2. The number of carbonyl (C=O) groups excluding carboxylic acids is 1. The predicted octanol–water partition coefficient (Wildman–Crippen LogP) is 5.08. The van der Waals surface area contributed by atoms with Gasteiger partial charge in [0.15, 0.2) is 0 Å². The highest BCUT2D eigenvalue weighted by Crippen LogP contribution is 2.40. The van der Waals surface area contributed by atoms with Gasteiger partial charge in [-0.25, -0.2) is 0 Å². The summed E-state index contributed by atoms with van der Waals surface area (Å²) in [7, 11) is 2.16. The van der Waals surface area contributed by atoms with Gasteiger partial charge in [0.05, 0.1) is 16.6 Å². The summed E-state index contributed by atoms with van der Waals surface area (Å²) in [6.45, 7) is 3.87. The molecule has 2 aromatic carbocycles. The van der Waals surface area contributed by atoms with Crippen LogP contribution in [-0.4, -0.2) is 48.9 Å². The number of nitrogens with zero attached hydrogens (tertiary/aromatic N) is 2. The van der Waals surface area contributed by atoms with Gasteiger partial charge >= 0.3 is 0 Å². The van der Waals surface area contributed by atoms with Crippen molar-refractivity contribution in [3.63, 3.8) is 0 Å². The van der Waals surface area contributed by atoms with Crippen LogP contribution in [0, 0.1) is 0 Å². The fourth-order valence-electron chi connectivity index (χ4n) is 4.21. The summed E-state index contributed by atoms with van der Waals surface area (Å²) in [5, 5.41) is 6.02. The highest BCUT2D eigenvalue weighted by molar-refractivity contribution is 7.12. The van der Waals surface area contributed by atoms with Gasteiger partial charge in [0, 0.05) is 31.6 Å². The third-order valence-electron chi connectivity index (χ3n) is 5.87. The maximum Gasteiger partial charge on any atom is 0.265 e. The van der Waals surface area contributed by atoms with Crippen LogP contribution in [0.15, 0.2) is 76.5 Å². The van der Waals surface area contributed by atoms with Gasteiger partial charge in [-0.15, -0.1) is 11.3 Å². The van der Waals surface area contributed by atoms with Crippen molar-refractivity contribution in [1.82, 2.24) is 9.80 Å². The second kappa shape index (κ2) is 8.67. The minimum atomic E-state index is -0.104. The first-order valence-electron chi connectivity index (χ1n) is 10.5. The molecular formula is C25H25N3O2S. The molecule has 1 aliphatic rings. The zero-order valence-electron chi connectivity index (χ0n) is 17.5. The number of fused-ring (bicyclic) bond motifs is 1. The maximum absolute atomic E-state index is 13.0. The summed E-state index contributed by atoms with van der Waals surface area (Å²) in [6, 6.07) is 22.0. The lowest BCUT2D eigenvalue weighted by molar-refractivity contribution is 0.102. The minimum Gasteiger partial charge on any atom is -0.457 e. The lowest BCUT2D eigenvalue weighted by Gasteiger charge is -2.37. The molecule has 0 radical (unpaired) electrons. The molecule has 1 fully saturated rings. The lowest BCUT2D eigenvalue weighted by Crippen LogP contribution is -2.46. The number of para-hydroxylation sites is 1. The second-order valence-electron chi connectivity index (χ2n) is 7.92. The van der Waals surface area contributed by atoms with E-state index in [0.29, 0.717) is 4.88 Å². The van der Waals surface area contributed by atoms with Crippen LogP contribution in [0.3, 0.4) is 0 Å². The Bertz CT molecular complexity index is 1160. The molecule has 1 saturated heterocycles. The van der Waals surface area contributed by atoms with E-state index in [4.69, 9.17) is 4.42 Å². The number of anilines is 1. The van der Waals surface area contributed by atoms with Crippen LogP contribution in [0.25, 0.3) is 11.0 Å². The van der Waals surface area contributed by atoms with Crippen molar-refractivity contribution in [3.8, 4) is 0 Å². The van der Waals surface area contributed by atoms with Crippen molar-refractivity contribution in [1.29, 1.82) is 0 Å². The van der Waals surface area contributed by atoms with Crippen molar-refractivity contribution >= 4 is 33.9 Å². The van der Waals surface area contributed by atoms with Crippen LogP contribution in [0.5, 0.6) is 0 Å². The lowest BCUT2D eigenvalue weighted by atomic mass is 10.00. The normalized spacial score (nSPS) is 16.4. The van der Waals surface area contributed by atoms with E-state index in [0.717, 1.165) is 54.2 Å². The molecule has 1 N–H and O–H groups in total. The molecule has 1 amide bonds. The Balaban J connectivity index is 1.62. The molecule has 0 spiro atoms. The molecule has 0 bridgehead atoms. The Morgan fingerprint density at radius 2 is 1.71 bits per heavy atom. The number of thiophene rings is 1. The first-order chi connectivity index (χ1) is 15.2. The number of piperazine rings is 1. The minimum absolute atomic E-state index is 0.0686. The molecule has 1 aliphatic heterocycles. The van der Waals surface area contributed by atoms with Gasteiger partial charge < -0.3 is 14.6 Å². The van der Waals surface area contributed by atoms with Crippen molar-refractivity contribution in [2.75, 3.05) is 38.5 Å². The van der Waals surface area contributed by atoms with E-state index in [1.165, 1.54) is 11.3 Å². The van der Waals surface area contributed by atoms with Gasteiger partial charge in [-0.1, -0.05) is 48.5 Å². The first kappa shape index (κ1) is 20.0. The summed E-state index contributed by atoms with van der Waals surface area (Å²) in [5.41, 5.74) is 2.72. The van der Waals surface area contributed by atoms with E-state index in [1.54, 1.807) is 0 Å². The Labute approximate surface area is 185 Å². The molecule has 158 valence electrons. The Kier molecular flexibility index (Phi) is 5.59. The molecule has 0 saturated carbocycles. The van der Waals surface area contributed by atoms with Crippen LogP contribution in [0.4, 0.5) is 5.69 Å². The van der Waals surface area contributed by atoms with Gasteiger partial charge in [0.25, 0.3) is 5.91 Å². The van der Waals surface area contributed by atoms with E-state index in [2.05, 4.69) is 46.4 Å². The number of nitrogens with one attached hydrogen (secondary N) is 1. The van der Waals surface area contributed by atoms with Crippen molar-refractivity contribution in [3.05, 3.63) is 88.3 Å². The molecule has 2 aromatic heterocycles. The monoisotopic (exact) mass is 431 g/mol. The van der Waals surface area contributed by atoms with Gasteiger partial charge in [0.1, 0.15) is 11.3 Å². The third-order valence-corrected chi connectivity index (χ3v) is 6.74. The van der Waals surface area contributed by atoms with Crippen LogP contribution in [-0.2, 0) is 0 Å². The molecule has 3 heterocycles. The Morgan fingerprint density at radius 3 is 2.45 bits per heavy atom. The SMILES string of the molecule is CN1CCN([C@H](c2ccccc2)c2oc3ccccc3c2NC(=O)c2cccs2)CC1. The van der Waals surface area contributed by atoms with E-state index in [1.807, 2.05) is 47.8 Å². The number of likely N-dealkylation sites (N-methyl/N-ethyl adjacent to an activating group) is 1. The smallest absolute Gasteiger partial charge is 0.265 e. The van der Waals surface area contributed by atoms with Crippen LogP contribution in [0.1, 0.15) is 27.0 Å². The van der Waals surface area contributed by atoms with Crippen LogP contribution >= 0.6 is 11.3 Å². The van der Waals surface area contributed by atoms with Gasteiger partial charge in [-0.05, 0) is 36.2 Å². The molecule has 31 heavy (non-hydrogen) atoms. The molecule has 5 rings (SSSR count). The Morgan fingerprint density at radius 1 is 0.968 bits per heavy atom. The van der Waals surface area contributed by atoms with Gasteiger partial charge in [-0.3, -0.25) is 9.69 Å². The van der Waals surface area contributed by atoms with Crippen LogP contribution < -0.4 is 5.32 Å². The first-order valence-corrected chi connectivity index (χ1v) is 11.4.